The fraction of sp³-hybridized carbons (Fsp3) is 0. The van der Waals surface area contributed by atoms with E-state index in [9.17, 15) is 0 Å². The number of imidazole rings is 1. The average Bonchev–Trinajstić information content (AvgIpc) is 2.78. The summed E-state index contributed by atoms with van der Waals surface area (Å²) in [4.78, 5) is 4.59. The third kappa shape index (κ3) is 1.23. The van der Waals surface area contributed by atoms with Gasteiger partial charge in [0.15, 0.2) is 5.65 Å². The van der Waals surface area contributed by atoms with Gasteiger partial charge >= 0.3 is 0 Å². The molecule has 4 aromatic rings. The Labute approximate surface area is 107 Å². The fourth-order valence-electron chi connectivity index (χ4n) is 2.15. The smallest absolute Gasteiger partial charge is 0.166 e. The van der Waals surface area contributed by atoms with Crippen LogP contribution >= 0.6 is 11.6 Å². The summed E-state index contributed by atoms with van der Waals surface area (Å²) < 4.78 is 1.74. The van der Waals surface area contributed by atoms with Crippen molar-refractivity contribution in [3.05, 3.63) is 47.5 Å². The molecule has 0 aliphatic rings. The van der Waals surface area contributed by atoms with E-state index >= 15 is 0 Å². The molecule has 18 heavy (non-hydrogen) atoms. The standard InChI is InChI=1S/C13H7ClN4/c14-8-5-6-10-9(7-8)13-15-11-3-1-2-4-12(11)18(13)17-16-10/h1-7H. The zero-order valence-corrected chi connectivity index (χ0v) is 9.96. The predicted octanol–water partition coefficient (Wildman–Crippen LogP) is 3.08. The summed E-state index contributed by atoms with van der Waals surface area (Å²) >= 11 is 6.03. The topological polar surface area (TPSA) is 43.1 Å². The molecule has 0 atom stereocenters. The number of rotatable bonds is 0. The molecule has 0 spiro atoms. The predicted molar refractivity (Wildman–Crippen MR) is 70.8 cm³/mol. The molecule has 86 valence electrons. The minimum atomic E-state index is 0.671. The third-order valence-corrected chi connectivity index (χ3v) is 3.21. The van der Waals surface area contributed by atoms with Crippen LogP contribution in [0.1, 0.15) is 0 Å². The van der Waals surface area contributed by atoms with Crippen LogP contribution in [-0.2, 0) is 0 Å². The molecule has 0 aliphatic heterocycles. The molecule has 2 aromatic heterocycles. The number of benzene rings is 2. The Morgan fingerprint density at radius 2 is 1.89 bits per heavy atom. The molecule has 4 rings (SSSR count). The molecule has 0 aliphatic carbocycles. The summed E-state index contributed by atoms with van der Waals surface area (Å²) in [5.74, 6) is 0. The first-order chi connectivity index (χ1) is 8.83. The Bertz CT molecular complexity index is 897. The van der Waals surface area contributed by atoms with Gasteiger partial charge in [-0.3, -0.25) is 0 Å². The van der Waals surface area contributed by atoms with Crippen molar-refractivity contribution < 1.29 is 0 Å². The van der Waals surface area contributed by atoms with Crippen LogP contribution in [0.3, 0.4) is 0 Å². The van der Waals surface area contributed by atoms with Crippen molar-refractivity contribution in [2.75, 3.05) is 0 Å². The molecule has 0 unspecified atom stereocenters. The maximum absolute atomic E-state index is 6.03. The maximum atomic E-state index is 6.03. The van der Waals surface area contributed by atoms with Crippen molar-refractivity contribution in [2.24, 2.45) is 0 Å². The molecule has 0 fully saturated rings. The van der Waals surface area contributed by atoms with Crippen LogP contribution in [0.25, 0.3) is 27.6 Å². The second-order valence-electron chi connectivity index (χ2n) is 4.09. The van der Waals surface area contributed by atoms with Crippen LogP contribution < -0.4 is 0 Å². The zero-order valence-electron chi connectivity index (χ0n) is 9.21. The first-order valence-corrected chi connectivity index (χ1v) is 5.90. The van der Waals surface area contributed by atoms with E-state index in [1.54, 1.807) is 10.6 Å². The fourth-order valence-corrected chi connectivity index (χ4v) is 2.32. The van der Waals surface area contributed by atoms with Crippen LogP contribution in [0, 0.1) is 0 Å². The normalized spacial score (nSPS) is 11.6. The van der Waals surface area contributed by atoms with Gasteiger partial charge in [-0.05, 0) is 30.3 Å². The second-order valence-corrected chi connectivity index (χ2v) is 4.52. The molecule has 2 aromatic carbocycles. The Kier molecular flexibility index (Phi) is 1.85. The quantitative estimate of drug-likeness (QED) is 0.484. The minimum Gasteiger partial charge on any atom is -0.226 e. The largest absolute Gasteiger partial charge is 0.226 e. The summed E-state index contributed by atoms with van der Waals surface area (Å²) in [7, 11) is 0. The lowest BCUT2D eigenvalue weighted by molar-refractivity contribution is 0.850. The van der Waals surface area contributed by atoms with Crippen LogP contribution in [0.4, 0.5) is 0 Å². The van der Waals surface area contributed by atoms with Crippen molar-refractivity contribution in [1.29, 1.82) is 0 Å². The van der Waals surface area contributed by atoms with Gasteiger partial charge < -0.3 is 0 Å². The summed E-state index contributed by atoms with van der Waals surface area (Å²) in [6.07, 6.45) is 0. The van der Waals surface area contributed by atoms with E-state index in [1.165, 1.54) is 0 Å². The van der Waals surface area contributed by atoms with E-state index in [4.69, 9.17) is 11.6 Å². The number of hydrogen-bond donors (Lipinski definition) is 0. The monoisotopic (exact) mass is 254 g/mol. The molecule has 2 heterocycles. The van der Waals surface area contributed by atoms with Crippen LogP contribution in [-0.4, -0.2) is 19.8 Å². The Hall–Kier alpha value is -2.20. The number of para-hydroxylation sites is 2. The van der Waals surface area contributed by atoms with Gasteiger partial charge in [0.2, 0.25) is 0 Å². The highest BCUT2D eigenvalue weighted by molar-refractivity contribution is 6.31. The number of halogens is 1. The van der Waals surface area contributed by atoms with Crippen molar-refractivity contribution in [3.63, 3.8) is 0 Å². The highest BCUT2D eigenvalue weighted by Gasteiger charge is 2.09. The van der Waals surface area contributed by atoms with Gasteiger partial charge in [-0.1, -0.05) is 28.9 Å². The van der Waals surface area contributed by atoms with E-state index < -0.39 is 0 Å². The highest BCUT2D eigenvalue weighted by Crippen LogP contribution is 2.23. The van der Waals surface area contributed by atoms with Crippen molar-refractivity contribution in [3.8, 4) is 0 Å². The van der Waals surface area contributed by atoms with Crippen LogP contribution in [0.2, 0.25) is 5.02 Å². The first kappa shape index (κ1) is 9.79. The Morgan fingerprint density at radius 3 is 2.83 bits per heavy atom. The average molecular weight is 255 g/mol. The van der Waals surface area contributed by atoms with Gasteiger partial charge in [-0.2, -0.15) is 4.52 Å². The second kappa shape index (κ2) is 3.40. The molecule has 0 saturated carbocycles. The number of nitrogens with zero attached hydrogens (tertiary/aromatic N) is 4. The molecule has 4 nitrogen and oxygen atoms in total. The number of aromatic nitrogens is 4. The van der Waals surface area contributed by atoms with Crippen molar-refractivity contribution in [1.82, 2.24) is 19.8 Å². The third-order valence-electron chi connectivity index (χ3n) is 2.98. The lowest BCUT2D eigenvalue weighted by Crippen LogP contribution is -1.96. The van der Waals surface area contributed by atoms with Gasteiger partial charge in [0, 0.05) is 10.4 Å². The lowest BCUT2D eigenvalue weighted by atomic mass is 10.2. The highest BCUT2D eigenvalue weighted by atomic mass is 35.5. The van der Waals surface area contributed by atoms with E-state index in [-0.39, 0.29) is 0 Å². The van der Waals surface area contributed by atoms with Gasteiger partial charge in [0.25, 0.3) is 0 Å². The molecule has 0 bridgehead atoms. The van der Waals surface area contributed by atoms with Gasteiger partial charge in [0.05, 0.1) is 16.6 Å². The summed E-state index contributed by atoms with van der Waals surface area (Å²) in [5, 5.41) is 9.96. The number of hydrogen-bond acceptors (Lipinski definition) is 3. The van der Waals surface area contributed by atoms with E-state index in [0.29, 0.717) is 5.02 Å². The van der Waals surface area contributed by atoms with E-state index in [0.717, 1.165) is 27.6 Å². The molecule has 0 saturated heterocycles. The first-order valence-electron chi connectivity index (χ1n) is 5.52. The van der Waals surface area contributed by atoms with Gasteiger partial charge in [-0.25, -0.2) is 4.98 Å². The van der Waals surface area contributed by atoms with Crippen LogP contribution in [0.15, 0.2) is 42.5 Å². The van der Waals surface area contributed by atoms with E-state index in [1.807, 2.05) is 36.4 Å². The molecule has 0 radical (unpaired) electrons. The summed E-state index contributed by atoms with van der Waals surface area (Å²) in [6, 6.07) is 13.4. The molecular weight excluding hydrogens is 248 g/mol. The van der Waals surface area contributed by atoms with Gasteiger partial charge in [-0.15, -0.1) is 5.10 Å². The number of fused-ring (bicyclic) bond motifs is 5. The molecule has 0 amide bonds. The van der Waals surface area contributed by atoms with Gasteiger partial charge in [0.1, 0.15) is 0 Å². The lowest BCUT2D eigenvalue weighted by Gasteiger charge is -1.99. The van der Waals surface area contributed by atoms with E-state index in [2.05, 4.69) is 15.3 Å². The maximum Gasteiger partial charge on any atom is 0.166 e. The SMILES string of the molecule is Clc1ccc2nnn3c4ccccc4nc3c2c1. The zero-order chi connectivity index (χ0) is 12.1. The molecule has 5 heteroatoms. The molecule has 0 N–H and O–H groups in total. The molecular formula is C13H7ClN4. The Balaban J connectivity index is 2.31. The van der Waals surface area contributed by atoms with Crippen LogP contribution in [0.5, 0.6) is 0 Å². The minimum absolute atomic E-state index is 0.671. The Morgan fingerprint density at radius 1 is 1.00 bits per heavy atom. The van der Waals surface area contributed by atoms with Crippen molar-refractivity contribution >= 4 is 39.2 Å². The summed E-state index contributed by atoms with van der Waals surface area (Å²) in [6.45, 7) is 0. The summed E-state index contributed by atoms with van der Waals surface area (Å²) in [5.41, 5.74) is 3.42. The van der Waals surface area contributed by atoms with Crippen molar-refractivity contribution in [2.45, 2.75) is 0 Å².